The molecule has 4 rings (SSSR count). The molecule has 2 amide bonds. The van der Waals surface area contributed by atoms with Crippen LogP contribution in [0, 0.1) is 5.92 Å². The third-order valence-electron chi connectivity index (χ3n) is 6.57. The first-order valence-electron chi connectivity index (χ1n) is 10.9. The summed E-state index contributed by atoms with van der Waals surface area (Å²) < 4.78 is 1.84. The highest BCUT2D eigenvalue weighted by molar-refractivity contribution is 5.92. The van der Waals surface area contributed by atoms with Gasteiger partial charge in [-0.2, -0.15) is 0 Å². The number of carbonyl (C=O) groups is 2. The molecule has 2 saturated heterocycles. The van der Waals surface area contributed by atoms with E-state index in [0.717, 1.165) is 38.3 Å². The molecular weight excluding hydrogens is 392 g/mol. The minimum absolute atomic E-state index is 0. The lowest BCUT2D eigenvalue weighted by molar-refractivity contribution is -0.133. The van der Waals surface area contributed by atoms with Crippen molar-refractivity contribution in [1.82, 2.24) is 30.1 Å². The van der Waals surface area contributed by atoms with Crippen molar-refractivity contribution in [3.05, 3.63) is 11.9 Å². The zero-order chi connectivity index (χ0) is 19.3. The fourth-order valence-corrected chi connectivity index (χ4v) is 4.73. The van der Waals surface area contributed by atoms with Crippen LogP contribution in [0.15, 0.2) is 6.20 Å². The van der Waals surface area contributed by atoms with Crippen molar-refractivity contribution in [2.45, 2.75) is 57.4 Å². The standard InChI is InChI=1S/C20H32N6O2.ClH/c27-19(6-5-16-3-1-2-4-16)24-11-13-25(14-12-24)20(28)18-15-26(23-22-18)17-7-9-21-10-8-17;/h15-17,21H,1-14H2;1H. The topological polar surface area (TPSA) is 83.4 Å². The molecule has 3 fully saturated rings. The minimum Gasteiger partial charge on any atom is -0.339 e. The molecule has 0 atom stereocenters. The molecule has 3 aliphatic rings. The summed E-state index contributed by atoms with van der Waals surface area (Å²) in [5.74, 6) is 0.920. The minimum atomic E-state index is -0.0711. The van der Waals surface area contributed by atoms with Crippen molar-refractivity contribution in [3.8, 4) is 0 Å². The molecule has 0 radical (unpaired) electrons. The van der Waals surface area contributed by atoms with Gasteiger partial charge in [0.1, 0.15) is 0 Å². The molecule has 1 aromatic rings. The second-order valence-corrected chi connectivity index (χ2v) is 8.43. The zero-order valence-electron chi connectivity index (χ0n) is 17.1. The van der Waals surface area contributed by atoms with Gasteiger partial charge in [0, 0.05) is 32.6 Å². The highest BCUT2D eigenvalue weighted by atomic mass is 35.5. The predicted octanol–water partition coefficient (Wildman–Crippen LogP) is 1.88. The molecule has 0 spiro atoms. The van der Waals surface area contributed by atoms with Crippen molar-refractivity contribution < 1.29 is 9.59 Å². The van der Waals surface area contributed by atoms with Crippen LogP contribution in [0.1, 0.15) is 67.9 Å². The molecule has 1 N–H and O–H groups in total. The Kier molecular flexibility index (Phi) is 7.89. The highest BCUT2D eigenvalue weighted by Crippen LogP contribution is 2.28. The summed E-state index contributed by atoms with van der Waals surface area (Å²) in [4.78, 5) is 29.0. The van der Waals surface area contributed by atoms with E-state index in [4.69, 9.17) is 0 Å². The SMILES string of the molecule is Cl.O=C(CCC1CCCC1)N1CCN(C(=O)c2cn(C3CCNCC3)nn2)CC1. The van der Waals surface area contributed by atoms with Crippen molar-refractivity contribution in [1.29, 1.82) is 0 Å². The molecule has 0 unspecified atom stereocenters. The molecule has 8 nitrogen and oxygen atoms in total. The number of piperidine rings is 1. The Hall–Kier alpha value is -1.67. The average Bonchev–Trinajstić information content (AvgIpc) is 3.44. The Morgan fingerprint density at radius 1 is 1.00 bits per heavy atom. The van der Waals surface area contributed by atoms with Gasteiger partial charge in [-0.05, 0) is 38.3 Å². The van der Waals surface area contributed by atoms with E-state index in [9.17, 15) is 9.59 Å². The van der Waals surface area contributed by atoms with Crippen LogP contribution in [0.4, 0.5) is 0 Å². The Labute approximate surface area is 178 Å². The normalized spacial score (nSPS) is 21.2. The van der Waals surface area contributed by atoms with Gasteiger partial charge < -0.3 is 15.1 Å². The molecular formula is C20H33ClN6O2. The van der Waals surface area contributed by atoms with Crippen molar-refractivity contribution >= 4 is 24.2 Å². The zero-order valence-corrected chi connectivity index (χ0v) is 17.9. The Morgan fingerprint density at radius 2 is 1.66 bits per heavy atom. The number of rotatable bonds is 5. The lowest BCUT2D eigenvalue weighted by Crippen LogP contribution is -2.50. The largest absolute Gasteiger partial charge is 0.339 e. The maximum Gasteiger partial charge on any atom is 0.276 e. The third kappa shape index (κ3) is 5.48. The number of amides is 2. The van der Waals surface area contributed by atoms with Gasteiger partial charge in [0.25, 0.3) is 5.91 Å². The number of hydrogen-bond donors (Lipinski definition) is 1. The van der Waals surface area contributed by atoms with Gasteiger partial charge in [-0.1, -0.05) is 30.9 Å². The van der Waals surface area contributed by atoms with Crippen LogP contribution < -0.4 is 5.32 Å². The van der Waals surface area contributed by atoms with Crippen LogP contribution in [0.3, 0.4) is 0 Å². The van der Waals surface area contributed by atoms with E-state index < -0.39 is 0 Å². The van der Waals surface area contributed by atoms with E-state index in [0.29, 0.717) is 44.3 Å². The highest BCUT2D eigenvalue weighted by Gasteiger charge is 2.27. The Balaban J connectivity index is 0.00000240. The molecule has 2 aliphatic heterocycles. The second-order valence-electron chi connectivity index (χ2n) is 8.43. The number of halogens is 1. The third-order valence-corrected chi connectivity index (χ3v) is 6.57. The number of aromatic nitrogens is 3. The van der Waals surface area contributed by atoms with E-state index in [2.05, 4.69) is 15.6 Å². The molecule has 29 heavy (non-hydrogen) atoms. The molecule has 1 saturated carbocycles. The van der Waals surface area contributed by atoms with Crippen molar-refractivity contribution in [3.63, 3.8) is 0 Å². The number of carbonyl (C=O) groups excluding carboxylic acids is 2. The Bertz CT molecular complexity index is 676. The smallest absolute Gasteiger partial charge is 0.276 e. The Morgan fingerprint density at radius 3 is 2.34 bits per heavy atom. The van der Waals surface area contributed by atoms with Gasteiger partial charge in [0.2, 0.25) is 5.91 Å². The number of nitrogens with zero attached hydrogens (tertiary/aromatic N) is 5. The van der Waals surface area contributed by atoms with Crippen LogP contribution in [-0.4, -0.2) is 75.9 Å². The molecule has 0 aromatic carbocycles. The van der Waals surface area contributed by atoms with Crippen LogP contribution >= 0.6 is 12.4 Å². The van der Waals surface area contributed by atoms with E-state index in [1.807, 2.05) is 9.58 Å². The monoisotopic (exact) mass is 424 g/mol. The van der Waals surface area contributed by atoms with Crippen LogP contribution in [-0.2, 0) is 4.79 Å². The fraction of sp³-hybridized carbons (Fsp3) is 0.800. The van der Waals surface area contributed by atoms with Gasteiger partial charge in [-0.15, -0.1) is 17.5 Å². The molecule has 1 aromatic heterocycles. The molecule has 1 aliphatic carbocycles. The first-order valence-corrected chi connectivity index (χ1v) is 10.9. The first kappa shape index (κ1) is 22.0. The second kappa shape index (κ2) is 10.4. The summed E-state index contributed by atoms with van der Waals surface area (Å²) in [7, 11) is 0. The number of nitrogens with one attached hydrogen (secondary N) is 1. The number of hydrogen-bond acceptors (Lipinski definition) is 5. The summed E-state index contributed by atoms with van der Waals surface area (Å²) in [6, 6.07) is 0.324. The summed E-state index contributed by atoms with van der Waals surface area (Å²) in [6.07, 6.45) is 10.7. The summed E-state index contributed by atoms with van der Waals surface area (Å²) in [6.45, 7) is 4.35. The first-order chi connectivity index (χ1) is 13.7. The van der Waals surface area contributed by atoms with E-state index in [1.54, 1.807) is 11.1 Å². The van der Waals surface area contributed by atoms with Crippen molar-refractivity contribution in [2.24, 2.45) is 5.92 Å². The molecule has 162 valence electrons. The lowest BCUT2D eigenvalue weighted by atomic mass is 10.0. The van der Waals surface area contributed by atoms with Crippen LogP contribution in [0.5, 0.6) is 0 Å². The van der Waals surface area contributed by atoms with Gasteiger partial charge >= 0.3 is 0 Å². The van der Waals surface area contributed by atoms with E-state index in [1.165, 1.54) is 25.7 Å². The average molecular weight is 425 g/mol. The van der Waals surface area contributed by atoms with Crippen LogP contribution in [0.2, 0.25) is 0 Å². The summed E-state index contributed by atoms with van der Waals surface area (Å²) >= 11 is 0. The molecule has 9 heteroatoms. The maximum absolute atomic E-state index is 12.8. The quantitative estimate of drug-likeness (QED) is 0.780. The van der Waals surface area contributed by atoms with Crippen LogP contribution in [0.25, 0.3) is 0 Å². The van der Waals surface area contributed by atoms with E-state index >= 15 is 0 Å². The van der Waals surface area contributed by atoms with Crippen molar-refractivity contribution in [2.75, 3.05) is 39.3 Å². The molecule has 3 heterocycles. The summed E-state index contributed by atoms with van der Waals surface area (Å²) in [5, 5.41) is 11.6. The molecule has 0 bridgehead atoms. The van der Waals surface area contributed by atoms with Gasteiger partial charge in [-0.3, -0.25) is 9.59 Å². The maximum atomic E-state index is 12.8. The summed E-state index contributed by atoms with van der Waals surface area (Å²) in [5.41, 5.74) is 0.416. The predicted molar refractivity (Wildman–Crippen MR) is 112 cm³/mol. The van der Waals surface area contributed by atoms with Gasteiger partial charge in [-0.25, -0.2) is 4.68 Å². The lowest BCUT2D eigenvalue weighted by Gasteiger charge is -2.34. The van der Waals surface area contributed by atoms with Gasteiger partial charge in [0.05, 0.1) is 12.2 Å². The van der Waals surface area contributed by atoms with Gasteiger partial charge in [0.15, 0.2) is 5.69 Å². The number of piperazine rings is 1. The fourth-order valence-electron chi connectivity index (χ4n) is 4.73. The van der Waals surface area contributed by atoms with E-state index in [-0.39, 0.29) is 24.2 Å².